The van der Waals surface area contributed by atoms with Gasteiger partial charge in [0.05, 0.1) is 10.0 Å². The Morgan fingerprint density at radius 2 is 1.87 bits per heavy atom. The van der Waals surface area contributed by atoms with E-state index < -0.39 is 0 Å². The number of hydrogen-bond donors (Lipinski definition) is 1. The Hall–Kier alpha value is 0.0500. The number of nitrogens with one attached hydrogen (secondary N) is 1. The van der Waals surface area contributed by atoms with Gasteiger partial charge in [0.15, 0.2) is 0 Å². The number of halogens is 3. The highest BCUT2D eigenvalue weighted by Crippen LogP contribution is 2.22. The van der Waals surface area contributed by atoms with Gasteiger partial charge in [-0.1, -0.05) is 43.1 Å². The lowest BCUT2D eigenvalue weighted by Crippen LogP contribution is -2.18. The Balaban J connectivity index is 0.00000196. The van der Waals surface area contributed by atoms with Crippen LogP contribution in [0.5, 0.6) is 0 Å². The Labute approximate surface area is 108 Å². The maximum atomic E-state index is 5.90. The summed E-state index contributed by atoms with van der Waals surface area (Å²) in [5.41, 5.74) is 1.17. The number of rotatable bonds is 4. The fraction of sp³-hybridized carbons (Fsp3) is 0.455. The molecule has 0 aliphatic carbocycles. The lowest BCUT2D eigenvalue weighted by Gasteiger charge is -2.07. The summed E-state index contributed by atoms with van der Waals surface area (Å²) in [6.07, 6.45) is 0. The topological polar surface area (TPSA) is 12.0 Å². The molecule has 0 saturated heterocycles. The molecule has 0 aliphatic rings. The van der Waals surface area contributed by atoms with Gasteiger partial charge in [0.1, 0.15) is 0 Å². The molecule has 0 saturated carbocycles. The lowest BCUT2D eigenvalue weighted by molar-refractivity contribution is 0.552. The van der Waals surface area contributed by atoms with Gasteiger partial charge < -0.3 is 5.32 Å². The summed E-state index contributed by atoms with van der Waals surface area (Å²) in [5.74, 6) is 0.665. The molecule has 0 unspecified atom stereocenters. The highest BCUT2D eigenvalue weighted by molar-refractivity contribution is 6.42. The summed E-state index contributed by atoms with van der Waals surface area (Å²) in [6, 6.07) is 5.72. The van der Waals surface area contributed by atoms with Crippen LogP contribution < -0.4 is 5.32 Å². The van der Waals surface area contributed by atoms with Gasteiger partial charge in [-0.25, -0.2) is 0 Å². The quantitative estimate of drug-likeness (QED) is 0.864. The normalized spacial score (nSPS) is 10.2. The second-order valence-electron chi connectivity index (χ2n) is 3.77. The maximum Gasteiger partial charge on any atom is 0.0595 e. The standard InChI is InChI=1S/C11H15Cl2N.ClH/c1-8(2)6-14-7-9-3-4-10(12)11(13)5-9;/h3-5,8,14H,6-7H2,1-2H3;1H. The van der Waals surface area contributed by atoms with E-state index in [2.05, 4.69) is 19.2 Å². The average Bonchev–Trinajstić information content (AvgIpc) is 2.10. The molecule has 15 heavy (non-hydrogen) atoms. The number of hydrogen-bond acceptors (Lipinski definition) is 1. The van der Waals surface area contributed by atoms with Crippen LogP contribution in [0.1, 0.15) is 19.4 Å². The molecule has 1 nitrogen and oxygen atoms in total. The summed E-state index contributed by atoms with van der Waals surface area (Å²) in [7, 11) is 0. The minimum Gasteiger partial charge on any atom is -0.312 e. The van der Waals surface area contributed by atoms with Crippen LogP contribution in [0.2, 0.25) is 10.0 Å². The van der Waals surface area contributed by atoms with E-state index in [-0.39, 0.29) is 12.4 Å². The average molecular weight is 269 g/mol. The van der Waals surface area contributed by atoms with Crippen LogP contribution in [0.25, 0.3) is 0 Å². The fourth-order valence-corrected chi connectivity index (χ4v) is 1.48. The van der Waals surface area contributed by atoms with Gasteiger partial charge in [-0.05, 0) is 30.2 Å². The molecule has 0 heterocycles. The smallest absolute Gasteiger partial charge is 0.0595 e. The van der Waals surface area contributed by atoms with Crippen LogP contribution in [0.15, 0.2) is 18.2 Å². The van der Waals surface area contributed by atoms with Gasteiger partial charge in [-0.2, -0.15) is 0 Å². The van der Waals surface area contributed by atoms with Crippen molar-refractivity contribution in [3.63, 3.8) is 0 Å². The zero-order chi connectivity index (χ0) is 10.6. The van der Waals surface area contributed by atoms with Crippen molar-refractivity contribution >= 4 is 35.6 Å². The molecule has 86 valence electrons. The van der Waals surface area contributed by atoms with Gasteiger partial charge in [-0.15, -0.1) is 12.4 Å². The Morgan fingerprint density at radius 1 is 1.20 bits per heavy atom. The fourth-order valence-electron chi connectivity index (χ4n) is 1.15. The molecule has 0 aromatic heterocycles. The van der Waals surface area contributed by atoms with E-state index in [1.54, 1.807) is 0 Å². The highest BCUT2D eigenvalue weighted by atomic mass is 35.5. The third-order valence-electron chi connectivity index (χ3n) is 1.87. The molecular weight excluding hydrogens is 252 g/mol. The van der Waals surface area contributed by atoms with E-state index in [0.29, 0.717) is 16.0 Å². The molecule has 0 aliphatic heterocycles. The molecule has 1 N–H and O–H groups in total. The Morgan fingerprint density at radius 3 is 2.40 bits per heavy atom. The van der Waals surface area contributed by atoms with E-state index in [1.807, 2.05) is 18.2 Å². The van der Waals surface area contributed by atoms with E-state index >= 15 is 0 Å². The minimum absolute atomic E-state index is 0. The van der Waals surface area contributed by atoms with Crippen LogP contribution in [-0.2, 0) is 6.54 Å². The van der Waals surface area contributed by atoms with Gasteiger partial charge >= 0.3 is 0 Å². The third-order valence-corrected chi connectivity index (χ3v) is 2.60. The Bertz CT molecular complexity index is 300. The molecule has 0 bridgehead atoms. The SMILES string of the molecule is CC(C)CNCc1ccc(Cl)c(Cl)c1.Cl. The first-order valence-corrected chi connectivity index (χ1v) is 5.50. The zero-order valence-electron chi connectivity index (χ0n) is 8.89. The summed E-state index contributed by atoms with van der Waals surface area (Å²) in [6.45, 7) is 6.22. The molecular formula is C11H16Cl3N. The first kappa shape index (κ1) is 15.0. The first-order chi connectivity index (χ1) is 6.59. The van der Waals surface area contributed by atoms with Crippen molar-refractivity contribution in [3.05, 3.63) is 33.8 Å². The molecule has 1 aromatic carbocycles. The monoisotopic (exact) mass is 267 g/mol. The molecule has 1 rings (SSSR count). The van der Waals surface area contributed by atoms with E-state index in [0.717, 1.165) is 13.1 Å². The molecule has 4 heteroatoms. The van der Waals surface area contributed by atoms with E-state index in [4.69, 9.17) is 23.2 Å². The van der Waals surface area contributed by atoms with E-state index in [1.165, 1.54) is 5.56 Å². The maximum absolute atomic E-state index is 5.90. The van der Waals surface area contributed by atoms with E-state index in [9.17, 15) is 0 Å². The lowest BCUT2D eigenvalue weighted by atomic mass is 10.2. The number of benzene rings is 1. The molecule has 0 fully saturated rings. The predicted molar refractivity (Wildman–Crippen MR) is 70.3 cm³/mol. The second kappa shape index (κ2) is 7.34. The summed E-state index contributed by atoms with van der Waals surface area (Å²) >= 11 is 11.7. The first-order valence-electron chi connectivity index (χ1n) is 4.74. The zero-order valence-corrected chi connectivity index (χ0v) is 11.2. The van der Waals surface area contributed by atoms with Crippen LogP contribution in [0, 0.1) is 5.92 Å². The van der Waals surface area contributed by atoms with Crippen LogP contribution in [0.3, 0.4) is 0 Å². The van der Waals surface area contributed by atoms with Gasteiger partial charge in [-0.3, -0.25) is 0 Å². The van der Waals surface area contributed by atoms with Gasteiger partial charge in [0, 0.05) is 6.54 Å². The van der Waals surface area contributed by atoms with Crippen LogP contribution in [0.4, 0.5) is 0 Å². The molecule has 0 spiro atoms. The van der Waals surface area contributed by atoms with Crippen molar-refractivity contribution in [2.24, 2.45) is 5.92 Å². The summed E-state index contributed by atoms with van der Waals surface area (Å²) < 4.78 is 0. The van der Waals surface area contributed by atoms with Crippen molar-refractivity contribution in [2.45, 2.75) is 20.4 Å². The van der Waals surface area contributed by atoms with Crippen molar-refractivity contribution in [2.75, 3.05) is 6.54 Å². The largest absolute Gasteiger partial charge is 0.312 e. The Kier molecular flexibility index (Phi) is 7.37. The van der Waals surface area contributed by atoms with Gasteiger partial charge in [0.2, 0.25) is 0 Å². The molecule has 1 aromatic rings. The highest BCUT2D eigenvalue weighted by Gasteiger charge is 1.99. The van der Waals surface area contributed by atoms with Crippen molar-refractivity contribution in [1.29, 1.82) is 0 Å². The summed E-state index contributed by atoms with van der Waals surface area (Å²) in [5, 5.41) is 4.58. The second-order valence-corrected chi connectivity index (χ2v) is 4.59. The molecule has 0 atom stereocenters. The third kappa shape index (κ3) is 5.62. The molecule has 0 amide bonds. The van der Waals surface area contributed by atoms with Crippen LogP contribution >= 0.6 is 35.6 Å². The summed E-state index contributed by atoms with van der Waals surface area (Å²) in [4.78, 5) is 0. The van der Waals surface area contributed by atoms with Crippen molar-refractivity contribution in [3.8, 4) is 0 Å². The minimum atomic E-state index is 0. The van der Waals surface area contributed by atoms with Crippen molar-refractivity contribution in [1.82, 2.24) is 5.32 Å². The van der Waals surface area contributed by atoms with Gasteiger partial charge in [0.25, 0.3) is 0 Å². The molecule has 0 radical (unpaired) electrons. The predicted octanol–water partition coefficient (Wildman–Crippen LogP) is 4.16. The van der Waals surface area contributed by atoms with Crippen LogP contribution in [-0.4, -0.2) is 6.54 Å². The van der Waals surface area contributed by atoms with Crippen molar-refractivity contribution < 1.29 is 0 Å².